The Labute approximate surface area is 163 Å². The third kappa shape index (κ3) is 4.14. The second-order valence-electron chi connectivity index (χ2n) is 6.25. The van der Waals surface area contributed by atoms with E-state index in [4.69, 9.17) is 4.74 Å². The van der Waals surface area contributed by atoms with Crippen molar-refractivity contribution in [2.45, 2.75) is 18.4 Å². The Morgan fingerprint density at radius 3 is 2.39 bits per heavy atom. The van der Waals surface area contributed by atoms with Crippen molar-refractivity contribution in [1.29, 1.82) is 0 Å². The van der Waals surface area contributed by atoms with E-state index < -0.39 is 21.7 Å². The lowest BCUT2D eigenvalue weighted by Gasteiger charge is -2.25. The molecule has 0 N–H and O–H groups in total. The predicted octanol–water partition coefficient (Wildman–Crippen LogP) is 4.68. The molecule has 3 rings (SSSR count). The van der Waals surface area contributed by atoms with Gasteiger partial charge in [-0.1, -0.05) is 24.3 Å². The standard InChI is InChI=1S/C21H19F2NO3S/c1-15-9-10-18(13-21(15)23)24(14-16-5-3-7-19(11-16)27-2)28(25,26)20-8-4-6-17(22)12-20/h3-13H,14H2,1-2H3. The van der Waals surface area contributed by atoms with E-state index in [9.17, 15) is 17.2 Å². The van der Waals surface area contributed by atoms with Crippen LogP contribution in [-0.4, -0.2) is 15.5 Å². The van der Waals surface area contributed by atoms with Crippen LogP contribution in [0.25, 0.3) is 0 Å². The Balaban J connectivity index is 2.11. The zero-order valence-electron chi connectivity index (χ0n) is 15.4. The quantitative estimate of drug-likeness (QED) is 0.601. The first-order chi connectivity index (χ1) is 13.3. The summed E-state index contributed by atoms with van der Waals surface area (Å²) in [5.41, 5.74) is 1.18. The molecular weight excluding hydrogens is 384 g/mol. The average Bonchev–Trinajstić information content (AvgIpc) is 2.68. The smallest absolute Gasteiger partial charge is 0.264 e. The van der Waals surface area contributed by atoms with Gasteiger partial charge in [0, 0.05) is 0 Å². The summed E-state index contributed by atoms with van der Waals surface area (Å²) in [6, 6.07) is 15.8. The first-order valence-corrected chi connectivity index (χ1v) is 9.92. The lowest BCUT2D eigenvalue weighted by molar-refractivity contribution is 0.414. The number of sulfonamides is 1. The van der Waals surface area contributed by atoms with Crippen molar-refractivity contribution in [2.24, 2.45) is 0 Å². The largest absolute Gasteiger partial charge is 0.497 e. The fraction of sp³-hybridized carbons (Fsp3) is 0.143. The Hall–Kier alpha value is -2.93. The van der Waals surface area contributed by atoms with Crippen LogP contribution >= 0.6 is 0 Å². The Morgan fingerprint density at radius 1 is 0.964 bits per heavy atom. The minimum Gasteiger partial charge on any atom is -0.497 e. The summed E-state index contributed by atoms with van der Waals surface area (Å²) in [6.07, 6.45) is 0. The minimum absolute atomic E-state index is 0.0709. The maximum atomic E-state index is 14.2. The SMILES string of the molecule is COc1cccc(CN(c2ccc(C)c(F)c2)S(=O)(=O)c2cccc(F)c2)c1. The molecule has 0 fully saturated rings. The molecule has 0 aromatic heterocycles. The second-order valence-corrected chi connectivity index (χ2v) is 8.12. The minimum atomic E-state index is -4.14. The van der Waals surface area contributed by atoms with Crippen molar-refractivity contribution in [3.63, 3.8) is 0 Å². The maximum absolute atomic E-state index is 14.2. The summed E-state index contributed by atoms with van der Waals surface area (Å²) in [6.45, 7) is 1.52. The molecule has 0 aliphatic carbocycles. The van der Waals surface area contributed by atoms with Crippen LogP contribution in [0, 0.1) is 18.6 Å². The lowest BCUT2D eigenvalue weighted by Crippen LogP contribution is -2.30. The number of hydrogen-bond donors (Lipinski definition) is 0. The number of nitrogens with zero attached hydrogens (tertiary/aromatic N) is 1. The van der Waals surface area contributed by atoms with Gasteiger partial charge in [0.1, 0.15) is 17.4 Å². The number of anilines is 1. The molecule has 0 saturated carbocycles. The van der Waals surface area contributed by atoms with E-state index in [1.807, 2.05) is 0 Å². The zero-order valence-corrected chi connectivity index (χ0v) is 16.2. The predicted molar refractivity (Wildman–Crippen MR) is 104 cm³/mol. The summed E-state index contributed by atoms with van der Waals surface area (Å²) in [5.74, 6) is -0.629. The molecule has 0 radical (unpaired) electrons. The van der Waals surface area contributed by atoms with Crippen LogP contribution in [0.3, 0.4) is 0 Å². The first kappa shape index (κ1) is 19.8. The molecule has 7 heteroatoms. The van der Waals surface area contributed by atoms with Gasteiger partial charge in [0.05, 0.1) is 24.2 Å². The molecule has 0 atom stereocenters. The van der Waals surface area contributed by atoms with Crippen LogP contribution in [0.4, 0.5) is 14.5 Å². The topological polar surface area (TPSA) is 46.6 Å². The Kier molecular flexibility index (Phi) is 5.65. The summed E-state index contributed by atoms with van der Waals surface area (Å²) in [7, 11) is -2.63. The van der Waals surface area contributed by atoms with E-state index in [1.54, 1.807) is 31.2 Å². The first-order valence-electron chi connectivity index (χ1n) is 8.48. The molecule has 0 heterocycles. The zero-order chi connectivity index (χ0) is 20.3. The number of hydrogen-bond acceptors (Lipinski definition) is 3. The van der Waals surface area contributed by atoms with E-state index in [0.717, 1.165) is 22.5 Å². The molecule has 0 amide bonds. The fourth-order valence-electron chi connectivity index (χ4n) is 2.74. The van der Waals surface area contributed by atoms with E-state index in [0.29, 0.717) is 16.9 Å². The summed E-state index contributed by atoms with van der Waals surface area (Å²) in [5, 5.41) is 0. The van der Waals surface area contributed by atoms with Crippen LogP contribution in [-0.2, 0) is 16.6 Å². The van der Waals surface area contributed by atoms with Gasteiger partial charge in [-0.3, -0.25) is 4.31 Å². The number of ether oxygens (including phenoxy) is 1. The molecule has 0 aliphatic rings. The highest BCUT2D eigenvalue weighted by Gasteiger charge is 2.26. The number of halogens is 2. The molecule has 3 aromatic rings. The molecular formula is C21H19F2NO3S. The molecule has 28 heavy (non-hydrogen) atoms. The summed E-state index contributed by atoms with van der Waals surface area (Å²) < 4.78 is 60.5. The fourth-order valence-corrected chi connectivity index (χ4v) is 4.22. The summed E-state index contributed by atoms with van der Waals surface area (Å²) in [4.78, 5) is -0.212. The molecule has 146 valence electrons. The van der Waals surface area contributed by atoms with Crippen molar-refractivity contribution in [3.8, 4) is 5.75 Å². The Bertz CT molecular complexity index is 1100. The molecule has 0 spiro atoms. The third-order valence-electron chi connectivity index (χ3n) is 4.29. The van der Waals surface area contributed by atoms with Gasteiger partial charge in [0.15, 0.2) is 0 Å². The molecule has 3 aromatic carbocycles. The van der Waals surface area contributed by atoms with Crippen molar-refractivity contribution in [1.82, 2.24) is 0 Å². The Morgan fingerprint density at radius 2 is 1.71 bits per heavy atom. The second kappa shape index (κ2) is 7.98. The number of benzene rings is 3. The van der Waals surface area contributed by atoms with Gasteiger partial charge in [-0.2, -0.15) is 0 Å². The van der Waals surface area contributed by atoms with E-state index in [-0.39, 0.29) is 17.1 Å². The van der Waals surface area contributed by atoms with Crippen molar-refractivity contribution < 1.29 is 21.9 Å². The highest BCUT2D eigenvalue weighted by atomic mass is 32.2. The van der Waals surface area contributed by atoms with E-state index in [2.05, 4.69) is 0 Å². The highest BCUT2D eigenvalue weighted by molar-refractivity contribution is 7.92. The van der Waals surface area contributed by atoms with Crippen LogP contribution in [0.2, 0.25) is 0 Å². The van der Waals surface area contributed by atoms with Crippen LogP contribution in [0.5, 0.6) is 5.75 Å². The van der Waals surface area contributed by atoms with Crippen molar-refractivity contribution in [2.75, 3.05) is 11.4 Å². The lowest BCUT2D eigenvalue weighted by atomic mass is 10.2. The molecule has 0 unspecified atom stereocenters. The van der Waals surface area contributed by atoms with Crippen molar-refractivity contribution >= 4 is 15.7 Å². The highest BCUT2D eigenvalue weighted by Crippen LogP contribution is 2.28. The molecule has 0 aliphatic heterocycles. The van der Waals surface area contributed by atoms with E-state index in [1.165, 1.54) is 31.4 Å². The van der Waals surface area contributed by atoms with Gasteiger partial charge in [-0.05, 0) is 60.5 Å². The van der Waals surface area contributed by atoms with Gasteiger partial charge in [-0.25, -0.2) is 17.2 Å². The van der Waals surface area contributed by atoms with Gasteiger partial charge >= 0.3 is 0 Å². The van der Waals surface area contributed by atoms with Gasteiger partial charge in [-0.15, -0.1) is 0 Å². The van der Waals surface area contributed by atoms with Gasteiger partial charge in [0.2, 0.25) is 0 Å². The normalized spacial score (nSPS) is 11.3. The molecule has 0 saturated heterocycles. The third-order valence-corrected chi connectivity index (χ3v) is 6.06. The van der Waals surface area contributed by atoms with Gasteiger partial charge < -0.3 is 4.74 Å². The summed E-state index contributed by atoms with van der Waals surface area (Å²) >= 11 is 0. The maximum Gasteiger partial charge on any atom is 0.264 e. The average molecular weight is 403 g/mol. The number of aryl methyl sites for hydroxylation is 1. The number of rotatable bonds is 6. The molecule has 4 nitrogen and oxygen atoms in total. The van der Waals surface area contributed by atoms with Crippen LogP contribution in [0.1, 0.15) is 11.1 Å². The molecule has 0 bridgehead atoms. The van der Waals surface area contributed by atoms with Crippen molar-refractivity contribution in [3.05, 3.63) is 89.5 Å². The van der Waals surface area contributed by atoms with Crippen LogP contribution in [0.15, 0.2) is 71.6 Å². The van der Waals surface area contributed by atoms with E-state index >= 15 is 0 Å². The van der Waals surface area contributed by atoms with Gasteiger partial charge in [0.25, 0.3) is 10.0 Å². The monoisotopic (exact) mass is 403 g/mol. The van der Waals surface area contributed by atoms with Crippen LogP contribution < -0.4 is 9.04 Å². The number of methoxy groups -OCH3 is 1.